The van der Waals surface area contributed by atoms with Crippen molar-refractivity contribution in [2.45, 2.75) is 20.3 Å². The molecule has 0 saturated heterocycles. The predicted octanol–water partition coefficient (Wildman–Crippen LogP) is 4.01. The first-order valence-electron chi connectivity index (χ1n) is 6.02. The lowest BCUT2D eigenvalue weighted by molar-refractivity contribution is 0.0991. The largest absolute Gasteiger partial charge is 0.294 e. The molecule has 0 aromatic heterocycles. The molecule has 0 unspecified atom stereocenters. The second-order valence-corrected chi connectivity index (χ2v) is 4.65. The van der Waals surface area contributed by atoms with Crippen molar-refractivity contribution in [2.75, 3.05) is 0 Å². The molecule has 3 heteroatoms. The van der Waals surface area contributed by atoms with Crippen LogP contribution in [0.3, 0.4) is 0 Å². The quantitative estimate of drug-likeness (QED) is 0.762. The first kappa shape index (κ1) is 13.4. The van der Waals surface area contributed by atoms with Crippen LogP contribution in [0.2, 0.25) is 0 Å². The lowest BCUT2D eigenvalue weighted by Gasteiger charge is -2.07. The summed E-state index contributed by atoms with van der Waals surface area (Å²) in [4.78, 5) is 12.1. The van der Waals surface area contributed by atoms with Gasteiger partial charge in [0.1, 0.15) is 11.6 Å². The van der Waals surface area contributed by atoms with Crippen LogP contribution in [0.25, 0.3) is 0 Å². The molecular formula is C16H14F2O. The highest BCUT2D eigenvalue weighted by Gasteiger charge is 2.13. The smallest absolute Gasteiger partial charge is 0.167 e. The lowest BCUT2D eigenvalue weighted by atomic mass is 9.97. The number of rotatable bonds is 3. The van der Waals surface area contributed by atoms with E-state index >= 15 is 0 Å². The summed E-state index contributed by atoms with van der Waals surface area (Å²) >= 11 is 0. The monoisotopic (exact) mass is 260 g/mol. The third-order valence-electron chi connectivity index (χ3n) is 3.04. The van der Waals surface area contributed by atoms with Gasteiger partial charge in [0.2, 0.25) is 0 Å². The molecule has 98 valence electrons. The van der Waals surface area contributed by atoms with E-state index in [-0.39, 0.29) is 17.8 Å². The van der Waals surface area contributed by atoms with Gasteiger partial charge in [0.05, 0.1) is 0 Å². The van der Waals surface area contributed by atoms with E-state index in [2.05, 4.69) is 0 Å². The minimum atomic E-state index is -0.556. The Morgan fingerprint density at radius 3 is 2.47 bits per heavy atom. The Balaban J connectivity index is 2.28. The Bertz CT molecular complexity index is 633. The Labute approximate surface area is 110 Å². The van der Waals surface area contributed by atoms with Crippen LogP contribution in [0, 0.1) is 25.5 Å². The number of Topliss-reactive ketones (excluding diaryl/α,β-unsaturated/α-hetero) is 1. The van der Waals surface area contributed by atoms with E-state index in [9.17, 15) is 13.6 Å². The molecule has 0 bridgehead atoms. The fourth-order valence-electron chi connectivity index (χ4n) is 2.07. The van der Waals surface area contributed by atoms with Gasteiger partial charge < -0.3 is 0 Å². The van der Waals surface area contributed by atoms with Crippen molar-refractivity contribution in [3.05, 3.63) is 70.3 Å². The number of benzene rings is 2. The maximum atomic E-state index is 13.5. The van der Waals surface area contributed by atoms with Gasteiger partial charge in [-0.25, -0.2) is 8.78 Å². The zero-order chi connectivity index (χ0) is 14.0. The summed E-state index contributed by atoms with van der Waals surface area (Å²) in [6.45, 7) is 3.77. The van der Waals surface area contributed by atoms with Gasteiger partial charge in [0, 0.05) is 12.0 Å². The van der Waals surface area contributed by atoms with E-state index < -0.39 is 11.6 Å². The molecule has 19 heavy (non-hydrogen) atoms. The minimum Gasteiger partial charge on any atom is -0.294 e. The molecular weight excluding hydrogens is 246 g/mol. The maximum absolute atomic E-state index is 13.5. The molecule has 2 rings (SSSR count). The number of carbonyl (C=O) groups is 1. The summed E-state index contributed by atoms with van der Waals surface area (Å²) in [6, 6.07) is 8.61. The van der Waals surface area contributed by atoms with Crippen LogP contribution in [0.1, 0.15) is 27.0 Å². The zero-order valence-electron chi connectivity index (χ0n) is 10.8. The Morgan fingerprint density at radius 2 is 1.79 bits per heavy atom. The average Bonchev–Trinajstić information content (AvgIpc) is 2.33. The minimum absolute atomic E-state index is 0.0879. The molecule has 0 aliphatic heterocycles. The van der Waals surface area contributed by atoms with E-state index in [0.717, 1.165) is 29.3 Å². The molecule has 1 nitrogen and oxygen atoms in total. The normalized spacial score (nSPS) is 10.5. The van der Waals surface area contributed by atoms with Crippen LogP contribution < -0.4 is 0 Å². The van der Waals surface area contributed by atoms with Gasteiger partial charge in [-0.3, -0.25) is 4.79 Å². The SMILES string of the molecule is Cc1ccc(C(=O)Cc2cc(F)ccc2F)c(C)c1. The number of aryl methyl sites for hydroxylation is 2. The van der Waals surface area contributed by atoms with Crippen molar-refractivity contribution >= 4 is 5.78 Å². The van der Waals surface area contributed by atoms with Crippen molar-refractivity contribution in [3.8, 4) is 0 Å². The van der Waals surface area contributed by atoms with Crippen molar-refractivity contribution in [2.24, 2.45) is 0 Å². The lowest BCUT2D eigenvalue weighted by Crippen LogP contribution is -2.07. The molecule has 2 aromatic carbocycles. The highest BCUT2D eigenvalue weighted by Crippen LogP contribution is 2.16. The summed E-state index contributed by atoms with van der Waals surface area (Å²) in [5.74, 6) is -1.30. The van der Waals surface area contributed by atoms with Gasteiger partial charge in [0.25, 0.3) is 0 Å². The predicted molar refractivity (Wildman–Crippen MR) is 70.3 cm³/mol. The number of carbonyl (C=O) groups excluding carboxylic acids is 1. The fraction of sp³-hybridized carbons (Fsp3) is 0.188. The van der Waals surface area contributed by atoms with Gasteiger partial charge >= 0.3 is 0 Å². The molecule has 0 atom stereocenters. The van der Waals surface area contributed by atoms with Gasteiger partial charge in [-0.2, -0.15) is 0 Å². The molecule has 0 heterocycles. The number of ketones is 1. The topological polar surface area (TPSA) is 17.1 Å². The van der Waals surface area contributed by atoms with Gasteiger partial charge in [-0.1, -0.05) is 23.8 Å². The number of halogens is 2. The highest BCUT2D eigenvalue weighted by molar-refractivity contribution is 5.98. The number of hydrogen-bond acceptors (Lipinski definition) is 1. The molecule has 0 amide bonds. The van der Waals surface area contributed by atoms with E-state index in [1.54, 1.807) is 6.07 Å². The third kappa shape index (κ3) is 3.05. The molecule has 0 aliphatic carbocycles. The molecule has 0 fully saturated rings. The summed E-state index contributed by atoms with van der Waals surface area (Å²) < 4.78 is 26.5. The Morgan fingerprint density at radius 1 is 1.05 bits per heavy atom. The zero-order valence-corrected chi connectivity index (χ0v) is 10.8. The molecule has 0 aliphatic rings. The summed E-state index contributed by atoms with van der Waals surface area (Å²) in [5.41, 5.74) is 2.55. The highest BCUT2D eigenvalue weighted by atomic mass is 19.1. The average molecular weight is 260 g/mol. The van der Waals surface area contributed by atoms with Crippen molar-refractivity contribution in [1.82, 2.24) is 0 Å². The molecule has 0 N–H and O–H groups in total. The fourth-order valence-corrected chi connectivity index (χ4v) is 2.07. The van der Waals surface area contributed by atoms with Crippen molar-refractivity contribution < 1.29 is 13.6 Å². The van der Waals surface area contributed by atoms with Crippen LogP contribution in [-0.2, 0) is 6.42 Å². The molecule has 2 aromatic rings. The van der Waals surface area contributed by atoms with Crippen LogP contribution in [0.4, 0.5) is 8.78 Å². The van der Waals surface area contributed by atoms with Crippen molar-refractivity contribution in [3.63, 3.8) is 0 Å². The van der Waals surface area contributed by atoms with Gasteiger partial charge in [-0.15, -0.1) is 0 Å². The van der Waals surface area contributed by atoms with E-state index in [1.807, 2.05) is 26.0 Å². The van der Waals surface area contributed by atoms with Crippen LogP contribution in [-0.4, -0.2) is 5.78 Å². The third-order valence-corrected chi connectivity index (χ3v) is 3.04. The first-order valence-corrected chi connectivity index (χ1v) is 6.02. The number of hydrogen-bond donors (Lipinski definition) is 0. The first-order chi connectivity index (χ1) is 8.97. The summed E-state index contributed by atoms with van der Waals surface area (Å²) in [7, 11) is 0. The molecule has 0 saturated carbocycles. The second kappa shape index (κ2) is 5.31. The van der Waals surface area contributed by atoms with Crippen LogP contribution in [0.5, 0.6) is 0 Å². The van der Waals surface area contributed by atoms with Crippen molar-refractivity contribution in [1.29, 1.82) is 0 Å². The van der Waals surface area contributed by atoms with Gasteiger partial charge in [0.15, 0.2) is 5.78 Å². The maximum Gasteiger partial charge on any atom is 0.167 e. The summed E-state index contributed by atoms with van der Waals surface area (Å²) in [6.07, 6.45) is -0.131. The van der Waals surface area contributed by atoms with E-state index in [4.69, 9.17) is 0 Å². The molecule has 0 radical (unpaired) electrons. The van der Waals surface area contributed by atoms with E-state index in [1.165, 1.54) is 0 Å². The standard InChI is InChI=1S/C16H14F2O/c1-10-3-5-14(11(2)7-10)16(19)9-12-8-13(17)4-6-15(12)18/h3-8H,9H2,1-2H3. The molecule has 0 spiro atoms. The van der Waals surface area contributed by atoms with Gasteiger partial charge in [-0.05, 0) is 43.2 Å². The summed E-state index contributed by atoms with van der Waals surface area (Å²) in [5, 5.41) is 0. The Kier molecular flexibility index (Phi) is 3.74. The van der Waals surface area contributed by atoms with E-state index in [0.29, 0.717) is 5.56 Å². The van der Waals surface area contributed by atoms with Crippen LogP contribution in [0.15, 0.2) is 36.4 Å². The second-order valence-electron chi connectivity index (χ2n) is 4.65. The Hall–Kier alpha value is -2.03. The van der Waals surface area contributed by atoms with Crippen LogP contribution >= 0.6 is 0 Å².